The Bertz CT molecular complexity index is 1150. The lowest BCUT2D eigenvalue weighted by Crippen LogP contribution is -2.48. The number of phenols is 1. The largest absolute Gasteiger partial charge is 0.507 e. The number of phenolic OH excluding ortho intramolecular Hbond substituents is 1. The summed E-state index contributed by atoms with van der Waals surface area (Å²) in [6, 6.07) is 23.2. The van der Waals surface area contributed by atoms with E-state index >= 15 is 0 Å². The summed E-state index contributed by atoms with van der Waals surface area (Å²) in [4.78, 5) is 50.3. The Hall–Kier alpha value is -4.26. The van der Waals surface area contributed by atoms with Gasteiger partial charge in [0.25, 0.3) is 5.91 Å². The second-order valence-corrected chi connectivity index (χ2v) is 7.78. The number of hydrogen-bond donors (Lipinski definition) is 3. The van der Waals surface area contributed by atoms with Crippen molar-refractivity contribution in [2.24, 2.45) is 0 Å². The molecule has 3 rings (SSSR count). The Labute approximate surface area is 197 Å². The van der Waals surface area contributed by atoms with Crippen LogP contribution >= 0.6 is 0 Å². The average Bonchev–Trinajstić information content (AvgIpc) is 2.86. The Morgan fingerprint density at radius 3 is 1.97 bits per heavy atom. The highest BCUT2D eigenvalue weighted by atomic mass is 16.3. The molecular weight excluding hydrogens is 432 g/mol. The van der Waals surface area contributed by atoms with Gasteiger partial charge in [0.05, 0.1) is 5.56 Å². The van der Waals surface area contributed by atoms with Crippen molar-refractivity contribution in [1.82, 2.24) is 10.6 Å². The van der Waals surface area contributed by atoms with Gasteiger partial charge in [-0.15, -0.1) is 0 Å². The number of ketones is 2. The lowest BCUT2D eigenvalue weighted by molar-refractivity contribution is -0.140. The summed E-state index contributed by atoms with van der Waals surface area (Å²) in [5, 5.41) is 15.0. The number of carbonyl (C=O) groups is 4. The Morgan fingerprint density at radius 2 is 1.32 bits per heavy atom. The molecule has 0 unspecified atom stereocenters. The summed E-state index contributed by atoms with van der Waals surface area (Å²) in [5.41, 5.74) is 1.75. The summed E-state index contributed by atoms with van der Waals surface area (Å²) in [6.45, 7) is 0.187. The molecule has 3 aromatic carbocycles. The SMILES string of the molecule is O=C(CCC(=O)c1ccccc1O)N[C@@H](Cc1ccccc1)C(=O)C(=O)NCc1ccccc1. The lowest BCUT2D eigenvalue weighted by Gasteiger charge is -2.18. The molecule has 0 radical (unpaired) electrons. The highest BCUT2D eigenvalue weighted by molar-refractivity contribution is 6.38. The molecule has 0 heterocycles. The smallest absolute Gasteiger partial charge is 0.289 e. The van der Waals surface area contributed by atoms with Crippen molar-refractivity contribution in [3.8, 4) is 5.75 Å². The van der Waals surface area contributed by atoms with E-state index in [0.29, 0.717) is 0 Å². The number of para-hydroxylation sites is 1. The van der Waals surface area contributed by atoms with Crippen molar-refractivity contribution >= 4 is 23.4 Å². The number of aromatic hydroxyl groups is 1. The Morgan fingerprint density at radius 1 is 0.735 bits per heavy atom. The van der Waals surface area contributed by atoms with Gasteiger partial charge in [0.1, 0.15) is 11.8 Å². The van der Waals surface area contributed by atoms with Crippen LogP contribution in [0.4, 0.5) is 0 Å². The zero-order chi connectivity index (χ0) is 24.3. The van der Waals surface area contributed by atoms with Crippen LogP contribution in [-0.4, -0.2) is 34.5 Å². The molecule has 0 bridgehead atoms. The third-order valence-electron chi connectivity index (χ3n) is 5.24. The lowest BCUT2D eigenvalue weighted by atomic mass is 10.0. The van der Waals surface area contributed by atoms with E-state index in [9.17, 15) is 24.3 Å². The molecule has 2 amide bonds. The van der Waals surface area contributed by atoms with Crippen molar-refractivity contribution in [3.63, 3.8) is 0 Å². The van der Waals surface area contributed by atoms with Crippen LogP contribution < -0.4 is 10.6 Å². The van der Waals surface area contributed by atoms with Crippen LogP contribution in [0.5, 0.6) is 5.75 Å². The van der Waals surface area contributed by atoms with Crippen LogP contribution in [-0.2, 0) is 27.3 Å². The van der Waals surface area contributed by atoms with Gasteiger partial charge >= 0.3 is 0 Å². The maximum Gasteiger partial charge on any atom is 0.289 e. The molecule has 0 fully saturated rings. The van der Waals surface area contributed by atoms with E-state index in [-0.39, 0.29) is 42.9 Å². The number of rotatable bonds is 11. The average molecular weight is 459 g/mol. The van der Waals surface area contributed by atoms with Crippen LogP contribution in [0, 0.1) is 0 Å². The van der Waals surface area contributed by atoms with Crippen LogP contribution in [0.3, 0.4) is 0 Å². The summed E-state index contributed by atoms with van der Waals surface area (Å²) in [7, 11) is 0. The topological polar surface area (TPSA) is 113 Å². The van der Waals surface area contributed by atoms with Crippen molar-refractivity contribution in [3.05, 3.63) is 102 Å². The molecule has 0 saturated carbocycles. The number of amides is 2. The molecule has 0 spiro atoms. The molecule has 0 aliphatic rings. The molecule has 7 heteroatoms. The van der Waals surface area contributed by atoms with Gasteiger partial charge in [-0.3, -0.25) is 19.2 Å². The zero-order valence-electron chi connectivity index (χ0n) is 18.6. The highest BCUT2D eigenvalue weighted by Crippen LogP contribution is 2.18. The van der Waals surface area contributed by atoms with Crippen molar-refractivity contribution in [1.29, 1.82) is 0 Å². The minimum atomic E-state index is -1.08. The number of carbonyl (C=O) groups excluding carboxylic acids is 4. The predicted molar refractivity (Wildman–Crippen MR) is 127 cm³/mol. The second kappa shape index (κ2) is 12.1. The van der Waals surface area contributed by atoms with E-state index in [1.807, 2.05) is 36.4 Å². The van der Waals surface area contributed by atoms with E-state index in [1.165, 1.54) is 12.1 Å². The summed E-state index contributed by atoms with van der Waals surface area (Å²) >= 11 is 0. The third-order valence-corrected chi connectivity index (χ3v) is 5.24. The first-order chi connectivity index (χ1) is 16.4. The van der Waals surface area contributed by atoms with Gasteiger partial charge in [0.15, 0.2) is 5.78 Å². The molecule has 174 valence electrons. The third kappa shape index (κ3) is 7.13. The normalized spacial score (nSPS) is 11.3. The summed E-state index contributed by atoms with van der Waals surface area (Å²) < 4.78 is 0. The molecule has 3 N–H and O–H groups in total. The molecule has 0 aromatic heterocycles. The standard InChI is InChI=1S/C27H26N2O5/c30-23-14-8-7-13-21(23)24(31)15-16-25(32)29-22(17-19-9-3-1-4-10-19)26(33)27(34)28-18-20-11-5-2-6-12-20/h1-14,22,30H,15-18H2,(H,28,34)(H,29,32)/t22-/m0/s1. The molecule has 34 heavy (non-hydrogen) atoms. The van der Waals surface area contributed by atoms with Crippen LogP contribution in [0.1, 0.15) is 34.3 Å². The van der Waals surface area contributed by atoms with Gasteiger partial charge in [-0.1, -0.05) is 72.8 Å². The molecule has 0 saturated heterocycles. The van der Waals surface area contributed by atoms with E-state index < -0.39 is 23.6 Å². The number of nitrogens with one attached hydrogen (secondary N) is 2. The van der Waals surface area contributed by atoms with Gasteiger partial charge in [-0.25, -0.2) is 0 Å². The molecular formula is C27H26N2O5. The maximum atomic E-state index is 12.9. The summed E-state index contributed by atoms with van der Waals surface area (Å²) in [6.07, 6.45) is -0.190. The minimum absolute atomic E-state index is 0.132. The van der Waals surface area contributed by atoms with Gasteiger partial charge in [-0.05, 0) is 23.3 Å². The van der Waals surface area contributed by atoms with E-state index in [2.05, 4.69) is 10.6 Å². The molecule has 3 aromatic rings. The molecule has 0 aliphatic carbocycles. The van der Waals surface area contributed by atoms with E-state index in [0.717, 1.165) is 11.1 Å². The fourth-order valence-electron chi connectivity index (χ4n) is 3.42. The maximum absolute atomic E-state index is 12.9. The van der Waals surface area contributed by atoms with Crippen molar-refractivity contribution in [2.75, 3.05) is 0 Å². The fourth-order valence-corrected chi connectivity index (χ4v) is 3.42. The molecule has 0 aliphatic heterocycles. The van der Waals surface area contributed by atoms with Crippen LogP contribution in [0.25, 0.3) is 0 Å². The fraction of sp³-hybridized carbons (Fsp3) is 0.185. The summed E-state index contributed by atoms with van der Waals surface area (Å²) in [5.74, 6) is -2.63. The first kappa shape index (κ1) is 24.4. The molecule has 7 nitrogen and oxygen atoms in total. The minimum Gasteiger partial charge on any atom is -0.507 e. The van der Waals surface area contributed by atoms with Gasteiger partial charge in [0.2, 0.25) is 11.7 Å². The van der Waals surface area contributed by atoms with Crippen LogP contribution in [0.2, 0.25) is 0 Å². The number of benzene rings is 3. The van der Waals surface area contributed by atoms with Crippen molar-refractivity contribution in [2.45, 2.75) is 31.8 Å². The zero-order valence-corrected chi connectivity index (χ0v) is 18.6. The van der Waals surface area contributed by atoms with E-state index in [1.54, 1.807) is 36.4 Å². The second-order valence-electron chi connectivity index (χ2n) is 7.78. The molecule has 1 atom stereocenters. The van der Waals surface area contributed by atoms with Gasteiger partial charge < -0.3 is 15.7 Å². The Balaban J connectivity index is 1.62. The van der Waals surface area contributed by atoms with E-state index in [4.69, 9.17) is 0 Å². The highest BCUT2D eigenvalue weighted by Gasteiger charge is 2.27. The number of Topliss-reactive ketones (excluding diaryl/α,β-unsaturated/α-hetero) is 2. The first-order valence-electron chi connectivity index (χ1n) is 10.9. The van der Waals surface area contributed by atoms with Gasteiger partial charge in [0, 0.05) is 25.8 Å². The number of hydrogen-bond acceptors (Lipinski definition) is 5. The van der Waals surface area contributed by atoms with Crippen molar-refractivity contribution < 1.29 is 24.3 Å². The predicted octanol–water partition coefficient (Wildman–Crippen LogP) is 2.97. The first-order valence-corrected chi connectivity index (χ1v) is 10.9. The van der Waals surface area contributed by atoms with Gasteiger partial charge in [-0.2, -0.15) is 0 Å². The van der Waals surface area contributed by atoms with Crippen LogP contribution in [0.15, 0.2) is 84.9 Å². The Kier molecular flexibility index (Phi) is 8.68. The monoisotopic (exact) mass is 458 g/mol. The quantitative estimate of drug-likeness (QED) is 0.302.